The van der Waals surface area contributed by atoms with Crippen molar-refractivity contribution >= 4 is 23.4 Å². The molecule has 0 aliphatic rings. The highest BCUT2D eigenvalue weighted by Gasteiger charge is 2.14. The maximum Gasteiger partial charge on any atom is 0.192 e. The first-order valence-corrected chi connectivity index (χ1v) is 8.71. The van der Waals surface area contributed by atoms with Crippen LogP contribution >= 0.6 is 23.4 Å². The molecular weight excluding hydrogens is 345 g/mol. The van der Waals surface area contributed by atoms with E-state index in [4.69, 9.17) is 11.6 Å². The number of benzene rings is 2. The lowest BCUT2D eigenvalue weighted by Crippen LogP contribution is -2.00. The van der Waals surface area contributed by atoms with Gasteiger partial charge in [-0.15, -0.1) is 16.8 Å². The summed E-state index contributed by atoms with van der Waals surface area (Å²) >= 11 is 7.58. The fourth-order valence-corrected chi connectivity index (χ4v) is 3.39. The maximum atomic E-state index is 13.3. The predicted molar refractivity (Wildman–Crippen MR) is 96.6 cm³/mol. The Kier molecular flexibility index (Phi) is 5.33. The molecule has 0 atom stereocenters. The van der Waals surface area contributed by atoms with Gasteiger partial charge in [0.25, 0.3) is 0 Å². The van der Waals surface area contributed by atoms with Gasteiger partial charge in [0.2, 0.25) is 0 Å². The highest BCUT2D eigenvalue weighted by atomic mass is 35.5. The first kappa shape index (κ1) is 16.7. The molecule has 0 spiro atoms. The normalized spacial score (nSPS) is 10.8. The Morgan fingerprint density at radius 1 is 1.17 bits per heavy atom. The van der Waals surface area contributed by atoms with Crippen LogP contribution in [0, 0.1) is 5.82 Å². The largest absolute Gasteiger partial charge is 0.298 e. The quantitative estimate of drug-likeness (QED) is 0.446. The summed E-state index contributed by atoms with van der Waals surface area (Å²) in [5.41, 5.74) is 1.80. The minimum atomic E-state index is -0.236. The van der Waals surface area contributed by atoms with Gasteiger partial charge >= 0.3 is 0 Å². The van der Waals surface area contributed by atoms with E-state index in [9.17, 15) is 4.39 Å². The third-order valence-corrected chi connectivity index (χ3v) is 4.64. The molecule has 1 aromatic heterocycles. The van der Waals surface area contributed by atoms with E-state index in [2.05, 4.69) is 16.8 Å². The van der Waals surface area contributed by atoms with Crippen LogP contribution in [-0.4, -0.2) is 14.8 Å². The van der Waals surface area contributed by atoms with Gasteiger partial charge in [-0.25, -0.2) is 4.39 Å². The Morgan fingerprint density at radius 2 is 2.00 bits per heavy atom. The molecular formula is C18H15ClFN3S. The summed E-state index contributed by atoms with van der Waals surface area (Å²) < 4.78 is 15.3. The highest BCUT2D eigenvalue weighted by molar-refractivity contribution is 7.98. The Labute approximate surface area is 149 Å². The lowest BCUT2D eigenvalue weighted by atomic mass is 10.2. The Hall–Kier alpha value is -2.11. The molecule has 3 rings (SSSR count). The second kappa shape index (κ2) is 7.64. The third kappa shape index (κ3) is 3.86. The number of halogens is 2. The Bertz CT molecular complexity index is 863. The lowest BCUT2D eigenvalue weighted by molar-refractivity contribution is 0.626. The molecule has 122 valence electrons. The van der Waals surface area contributed by atoms with E-state index >= 15 is 0 Å². The zero-order chi connectivity index (χ0) is 16.9. The number of aromatic nitrogens is 3. The summed E-state index contributed by atoms with van der Waals surface area (Å²) in [4.78, 5) is 0. The molecule has 24 heavy (non-hydrogen) atoms. The maximum absolute atomic E-state index is 13.3. The molecule has 0 aliphatic heterocycles. The fourth-order valence-electron chi connectivity index (χ4n) is 2.30. The van der Waals surface area contributed by atoms with Crippen molar-refractivity contribution in [3.8, 4) is 11.4 Å². The zero-order valence-electron chi connectivity index (χ0n) is 12.8. The van der Waals surface area contributed by atoms with Crippen molar-refractivity contribution in [2.45, 2.75) is 17.5 Å². The average molecular weight is 360 g/mol. The molecule has 0 amide bonds. The monoisotopic (exact) mass is 359 g/mol. The van der Waals surface area contributed by atoms with Crippen LogP contribution < -0.4 is 0 Å². The second-order valence-electron chi connectivity index (χ2n) is 5.13. The van der Waals surface area contributed by atoms with Crippen molar-refractivity contribution in [2.24, 2.45) is 0 Å². The molecule has 2 aromatic carbocycles. The van der Waals surface area contributed by atoms with Gasteiger partial charge in [-0.3, -0.25) is 4.57 Å². The number of thioether (sulfide) groups is 1. The summed E-state index contributed by atoms with van der Waals surface area (Å²) in [7, 11) is 0. The van der Waals surface area contributed by atoms with Crippen molar-refractivity contribution < 1.29 is 4.39 Å². The molecule has 3 aromatic rings. The van der Waals surface area contributed by atoms with Crippen LogP contribution in [-0.2, 0) is 12.3 Å². The lowest BCUT2D eigenvalue weighted by Gasteiger charge is -2.08. The highest BCUT2D eigenvalue weighted by Crippen LogP contribution is 2.27. The van der Waals surface area contributed by atoms with Crippen molar-refractivity contribution in [3.63, 3.8) is 0 Å². The number of hydrogen-bond donors (Lipinski definition) is 0. The van der Waals surface area contributed by atoms with Crippen LogP contribution in [0.3, 0.4) is 0 Å². The molecule has 1 heterocycles. The average Bonchev–Trinajstić information content (AvgIpc) is 2.96. The van der Waals surface area contributed by atoms with E-state index in [1.165, 1.54) is 23.9 Å². The van der Waals surface area contributed by atoms with Gasteiger partial charge in [0, 0.05) is 22.9 Å². The van der Waals surface area contributed by atoms with E-state index in [0.717, 1.165) is 22.1 Å². The molecule has 0 saturated carbocycles. The first-order chi connectivity index (χ1) is 11.7. The number of nitrogens with zero attached hydrogens (tertiary/aromatic N) is 3. The Morgan fingerprint density at radius 3 is 2.75 bits per heavy atom. The standard InChI is InChI=1S/C18H15ClFN3S/c1-2-9-23-17(14-6-4-7-15(19)11-14)21-22-18(23)24-12-13-5-3-8-16(20)10-13/h2-8,10-11H,1,9,12H2. The number of hydrogen-bond acceptors (Lipinski definition) is 3. The molecule has 0 saturated heterocycles. The molecule has 0 unspecified atom stereocenters. The SMILES string of the molecule is C=CCn1c(SCc2cccc(F)c2)nnc1-c1cccc(Cl)c1. The Balaban J connectivity index is 1.87. The van der Waals surface area contributed by atoms with Gasteiger partial charge in [0.15, 0.2) is 11.0 Å². The summed E-state index contributed by atoms with van der Waals surface area (Å²) in [6.07, 6.45) is 1.80. The zero-order valence-corrected chi connectivity index (χ0v) is 14.4. The van der Waals surface area contributed by atoms with E-state index in [1.807, 2.05) is 34.9 Å². The van der Waals surface area contributed by atoms with Crippen LogP contribution in [0.15, 0.2) is 66.3 Å². The second-order valence-corrected chi connectivity index (χ2v) is 6.51. The molecule has 0 N–H and O–H groups in total. The minimum Gasteiger partial charge on any atom is -0.298 e. The van der Waals surface area contributed by atoms with E-state index in [-0.39, 0.29) is 5.82 Å². The molecule has 0 aliphatic carbocycles. The number of allylic oxidation sites excluding steroid dienone is 1. The molecule has 0 bridgehead atoms. The molecule has 3 nitrogen and oxygen atoms in total. The molecule has 0 fully saturated rings. The van der Waals surface area contributed by atoms with Gasteiger partial charge in [-0.05, 0) is 29.8 Å². The fraction of sp³-hybridized carbons (Fsp3) is 0.111. The third-order valence-electron chi connectivity index (χ3n) is 3.37. The smallest absolute Gasteiger partial charge is 0.192 e. The van der Waals surface area contributed by atoms with E-state index < -0.39 is 0 Å². The van der Waals surface area contributed by atoms with Crippen LogP contribution in [0.4, 0.5) is 4.39 Å². The van der Waals surface area contributed by atoms with E-state index in [1.54, 1.807) is 12.1 Å². The van der Waals surface area contributed by atoms with Crippen LogP contribution in [0.2, 0.25) is 5.02 Å². The van der Waals surface area contributed by atoms with Crippen LogP contribution in [0.25, 0.3) is 11.4 Å². The summed E-state index contributed by atoms with van der Waals surface area (Å²) in [5, 5.41) is 9.96. The van der Waals surface area contributed by atoms with Crippen molar-refractivity contribution in [1.82, 2.24) is 14.8 Å². The van der Waals surface area contributed by atoms with Gasteiger partial charge in [-0.1, -0.05) is 53.7 Å². The van der Waals surface area contributed by atoms with Crippen molar-refractivity contribution in [1.29, 1.82) is 0 Å². The van der Waals surface area contributed by atoms with Gasteiger partial charge in [0.1, 0.15) is 5.82 Å². The summed E-state index contributed by atoms with van der Waals surface area (Å²) in [5.74, 6) is 1.11. The topological polar surface area (TPSA) is 30.7 Å². The molecule has 0 radical (unpaired) electrons. The number of rotatable bonds is 6. The van der Waals surface area contributed by atoms with Crippen molar-refractivity contribution in [2.75, 3.05) is 0 Å². The summed E-state index contributed by atoms with van der Waals surface area (Å²) in [6, 6.07) is 14.1. The van der Waals surface area contributed by atoms with Crippen LogP contribution in [0.1, 0.15) is 5.56 Å². The van der Waals surface area contributed by atoms with E-state index in [0.29, 0.717) is 17.3 Å². The predicted octanol–water partition coefficient (Wildman–Crippen LogP) is 5.22. The van der Waals surface area contributed by atoms with Gasteiger partial charge in [0.05, 0.1) is 0 Å². The molecule has 6 heteroatoms. The summed E-state index contributed by atoms with van der Waals surface area (Å²) in [6.45, 7) is 4.38. The van der Waals surface area contributed by atoms with Gasteiger partial charge < -0.3 is 0 Å². The van der Waals surface area contributed by atoms with Crippen LogP contribution in [0.5, 0.6) is 0 Å². The first-order valence-electron chi connectivity index (χ1n) is 7.34. The van der Waals surface area contributed by atoms with Gasteiger partial charge in [-0.2, -0.15) is 0 Å². The minimum absolute atomic E-state index is 0.236. The van der Waals surface area contributed by atoms with Crippen molar-refractivity contribution in [3.05, 3.63) is 77.6 Å².